The number of carboxylic acids is 1. The molecule has 1 fully saturated rings. The van der Waals surface area contributed by atoms with Crippen molar-refractivity contribution in [1.29, 1.82) is 0 Å². The SMILES string of the molecule is CC(C(=O)O)N(C)C(=O)CC1CCCCO1. The molecule has 1 saturated heterocycles. The second-order valence-electron chi connectivity index (χ2n) is 4.21. The van der Waals surface area contributed by atoms with Crippen molar-refractivity contribution < 1.29 is 19.4 Å². The Bertz CT molecular complexity index is 261. The van der Waals surface area contributed by atoms with Gasteiger partial charge < -0.3 is 14.7 Å². The van der Waals surface area contributed by atoms with E-state index in [0.717, 1.165) is 19.3 Å². The van der Waals surface area contributed by atoms with E-state index in [2.05, 4.69) is 0 Å². The van der Waals surface area contributed by atoms with Crippen LogP contribution in [0.1, 0.15) is 32.6 Å². The Morgan fingerprint density at radius 1 is 1.50 bits per heavy atom. The molecule has 0 bridgehead atoms. The number of hydrogen-bond donors (Lipinski definition) is 1. The van der Waals surface area contributed by atoms with Crippen LogP contribution in [-0.2, 0) is 14.3 Å². The van der Waals surface area contributed by atoms with Crippen molar-refractivity contribution in [3.63, 3.8) is 0 Å². The summed E-state index contributed by atoms with van der Waals surface area (Å²) in [6.07, 6.45) is 3.27. The van der Waals surface area contributed by atoms with Gasteiger partial charge in [-0.1, -0.05) is 0 Å². The third-order valence-electron chi connectivity index (χ3n) is 3.01. The number of carbonyl (C=O) groups is 2. The van der Waals surface area contributed by atoms with Crippen LogP contribution < -0.4 is 0 Å². The Kier molecular flexibility index (Phi) is 4.73. The van der Waals surface area contributed by atoms with E-state index in [0.29, 0.717) is 6.61 Å². The summed E-state index contributed by atoms with van der Waals surface area (Å²) >= 11 is 0. The molecule has 0 aromatic heterocycles. The number of carboxylic acid groups (broad SMARTS) is 1. The smallest absolute Gasteiger partial charge is 0.326 e. The molecule has 0 aromatic rings. The Labute approximate surface area is 95.4 Å². The highest BCUT2D eigenvalue weighted by molar-refractivity contribution is 5.83. The second-order valence-corrected chi connectivity index (χ2v) is 4.21. The van der Waals surface area contributed by atoms with E-state index in [4.69, 9.17) is 9.84 Å². The topological polar surface area (TPSA) is 66.8 Å². The fourth-order valence-corrected chi connectivity index (χ4v) is 1.69. The van der Waals surface area contributed by atoms with E-state index in [9.17, 15) is 9.59 Å². The number of likely N-dealkylation sites (N-methyl/N-ethyl adjacent to an activating group) is 1. The third kappa shape index (κ3) is 3.48. The van der Waals surface area contributed by atoms with Gasteiger partial charge in [-0.3, -0.25) is 4.79 Å². The Hall–Kier alpha value is -1.10. The lowest BCUT2D eigenvalue weighted by molar-refractivity contribution is -0.149. The van der Waals surface area contributed by atoms with Gasteiger partial charge >= 0.3 is 5.97 Å². The predicted molar refractivity (Wildman–Crippen MR) is 58.1 cm³/mol. The largest absolute Gasteiger partial charge is 0.480 e. The number of aliphatic carboxylic acids is 1. The molecule has 92 valence electrons. The first kappa shape index (κ1) is 13.0. The lowest BCUT2D eigenvalue weighted by Crippen LogP contribution is -2.42. The summed E-state index contributed by atoms with van der Waals surface area (Å²) in [6, 6.07) is -0.781. The van der Waals surface area contributed by atoms with Crippen LogP contribution in [0.15, 0.2) is 0 Å². The summed E-state index contributed by atoms with van der Waals surface area (Å²) in [7, 11) is 1.52. The number of hydrogen-bond acceptors (Lipinski definition) is 3. The lowest BCUT2D eigenvalue weighted by atomic mass is 10.1. The van der Waals surface area contributed by atoms with Gasteiger partial charge in [-0.2, -0.15) is 0 Å². The fourth-order valence-electron chi connectivity index (χ4n) is 1.69. The van der Waals surface area contributed by atoms with E-state index in [-0.39, 0.29) is 18.4 Å². The Balaban J connectivity index is 2.41. The summed E-state index contributed by atoms with van der Waals surface area (Å²) in [5.74, 6) is -1.15. The molecular formula is C11H19NO4. The van der Waals surface area contributed by atoms with Crippen LogP contribution in [0, 0.1) is 0 Å². The van der Waals surface area contributed by atoms with Gasteiger partial charge in [0.15, 0.2) is 0 Å². The molecule has 0 radical (unpaired) electrons. The van der Waals surface area contributed by atoms with Gasteiger partial charge in [0.2, 0.25) is 5.91 Å². The molecule has 0 saturated carbocycles. The minimum atomic E-state index is -0.986. The molecule has 0 spiro atoms. The highest BCUT2D eigenvalue weighted by Crippen LogP contribution is 2.16. The fraction of sp³-hybridized carbons (Fsp3) is 0.818. The number of nitrogens with zero attached hydrogens (tertiary/aromatic N) is 1. The molecule has 1 aliphatic rings. The molecule has 0 aliphatic carbocycles. The van der Waals surface area contributed by atoms with Crippen molar-refractivity contribution in [2.45, 2.75) is 44.8 Å². The number of carbonyl (C=O) groups excluding carboxylic acids is 1. The van der Waals surface area contributed by atoms with Gasteiger partial charge in [0.25, 0.3) is 0 Å². The zero-order valence-electron chi connectivity index (χ0n) is 9.81. The number of amides is 1. The van der Waals surface area contributed by atoms with Crippen LogP contribution in [0.25, 0.3) is 0 Å². The third-order valence-corrected chi connectivity index (χ3v) is 3.01. The van der Waals surface area contributed by atoms with Crippen molar-refractivity contribution >= 4 is 11.9 Å². The highest BCUT2D eigenvalue weighted by Gasteiger charge is 2.25. The summed E-state index contributed by atoms with van der Waals surface area (Å²) in [4.78, 5) is 23.7. The number of rotatable bonds is 4. The molecule has 1 N–H and O–H groups in total. The van der Waals surface area contributed by atoms with Gasteiger partial charge in [-0.25, -0.2) is 4.79 Å². The molecule has 5 heteroatoms. The zero-order valence-corrected chi connectivity index (χ0v) is 9.81. The first-order valence-electron chi connectivity index (χ1n) is 5.62. The lowest BCUT2D eigenvalue weighted by Gasteiger charge is -2.26. The van der Waals surface area contributed by atoms with E-state index in [1.54, 1.807) is 0 Å². The normalized spacial score (nSPS) is 22.5. The zero-order chi connectivity index (χ0) is 12.1. The van der Waals surface area contributed by atoms with Crippen molar-refractivity contribution in [3.8, 4) is 0 Å². The molecule has 1 aliphatic heterocycles. The minimum Gasteiger partial charge on any atom is -0.480 e. The van der Waals surface area contributed by atoms with Crippen molar-refractivity contribution in [1.82, 2.24) is 4.90 Å². The molecule has 1 rings (SSSR count). The maximum Gasteiger partial charge on any atom is 0.326 e. The van der Waals surface area contributed by atoms with E-state index < -0.39 is 12.0 Å². The van der Waals surface area contributed by atoms with Gasteiger partial charge in [0.05, 0.1) is 12.5 Å². The van der Waals surface area contributed by atoms with E-state index in [1.807, 2.05) is 0 Å². The molecule has 1 amide bonds. The second kappa shape index (κ2) is 5.84. The molecule has 16 heavy (non-hydrogen) atoms. The van der Waals surface area contributed by atoms with Crippen LogP contribution in [0.4, 0.5) is 0 Å². The maximum absolute atomic E-state index is 11.7. The summed E-state index contributed by atoms with van der Waals surface area (Å²) < 4.78 is 5.44. The Morgan fingerprint density at radius 3 is 2.69 bits per heavy atom. The van der Waals surface area contributed by atoms with Crippen LogP contribution in [0.2, 0.25) is 0 Å². The van der Waals surface area contributed by atoms with Crippen LogP contribution in [0.5, 0.6) is 0 Å². The average Bonchev–Trinajstić information content (AvgIpc) is 2.28. The summed E-state index contributed by atoms with van der Waals surface area (Å²) in [5, 5.41) is 8.78. The van der Waals surface area contributed by atoms with E-state index in [1.165, 1.54) is 18.9 Å². The van der Waals surface area contributed by atoms with Crippen LogP contribution in [-0.4, -0.2) is 47.7 Å². The van der Waals surface area contributed by atoms with Crippen molar-refractivity contribution in [3.05, 3.63) is 0 Å². The Morgan fingerprint density at radius 2 is 2.19 bits per heavy atom. The standard InChI is InChI=1S/C11H19NO4/c1-8(11(14)15)12(2)10(13)7-9-5-3-4-6-16-9/h8-9H,3-7H2,1-2H3,(H,14,15). The average molecular weight is 229 g/mol. The summed E-state index contributed by atoms with van der Waals surface area (Å²) in [6.45, 7) is 2.21. The van der Waals surface area contributed by atoms with Gasteiger partial charge in [0, 0.05) is 13.7 Å². The monoisotopic (exact) mass is 229 g/mol. The van der Waals surface area contributed by atoms with Gasteiger partial charge in [-0.15, -0.1) is 0 Å². The first-order valence-corrected chi connectivity index (χ1v) is 5.62. The first-order chi connectivity index (χ1) is 7.52. The molecule has 2 atom stereocenters. The van der Waals surface area contributed by atoms with Gasteiger partial charge in [0.1, 0.15) is 6.04 Å². The quantitative estimate of drug-likeness (QED) is 0.777. The highest BCUT2D eigenvalue weighted by atomic mass is 16.5. The molecule has 1 heterocycles. The predicted octanol–water partition coefficient (Wildman–Crippen LogP) is 0.877. The van der Waals surface area contributed by atoms with Crippen molar-refractivity contribution in [2.24, 2.45) is 0 Å². The molecule has 2 unspecified atom stereocenters. The summed E-state index contributed by atoms with van der Waals surface area (Å²) in [5.41, 5.74) is 0. The van der Waals surface area contributed by atoms with Gasteiger partial charge in [-0.05, 0) is 26.2 Å². The van der Waals surface area contributed by atoms with Crippen molar-refractivity contribution in [2.75, 3.05) is 13.7 Å². The number of ether oxygens (including phenoxy) is 1. The molecular weight excluding hydrogens is 210 g/mol. The molecule has 0 aromatic carbocycles. The van der Waals surface area contributed by atoms with E-state index >= 15 is 0 Å². The minimum absolute atomic E-state index is 0.0373. The molecule has 5 nitrogen and oxygen atoms in total. The van der Waals surface area contributed by atoms with Crippen LogP contribution in [0.3, 0.4) is 0 Å². The van der Waals surface area contributed by atoms with Crippen LogP contribution >= 0.6 is 0 Å². The maximum atomic E-state index is 11.7.